The lowest BCUT2D eigenvalue weighted by Crippen LogP contribution is -1.98. The van der Waals surface area contributed by atoms with Gasteiger partial charge in [-0.1, -0.05) is 12.1 Å². The number of carbonyl (C=O) groups is 1. The van der Waals surface area contributed by atoms with Crippen LogP contribution in [0.1, 0.15) is 15.9 Å². The zero-order chi connectivity index (χ0) is 13.4. The van der Waals surface area contributed by atoms with Crippen LogP contribution in [0.5, 0.6) is 0 Å². The van der Waals surface area contributed by atoms with Gasteiger partial charge in [-0.25, -0.2) is 9.78 Å². The van der Waals surface area contributed by atoms with Gasteiger partial charge in [0, 0.05) is 12.4 Å². The Morgan fingerprint density at radius 1 is 1.26 bits per heavy atom. The highest BCUT2D eigenvalue weighted by Gasteiger charge is 2.08. The molecule has 0 unspecified atom stereocenters. The molecule has 0 atom stereocenters. The van der Waals surface area contributed by atoms with E-state index in [1.54, 1.807) is 24.7 Å². The van der Waals surface area contributed by atoms with Crippen molar-refractivity contribution in [1.82, 2.24) is 9.55 Å². The van der Waals surface area contributed by atoms with Crippen LogP contribution in [-0.4, -0.2) is 20.6 Å². The molecule has 4 nitrogen and oxygen atoms in total. The number of carboxylic acids is 1. The Hall–Kier alpha value is -2.62. The van der Waals surface area contributed by atoms with Gasteiger partial charge in [-0.05, 0) is 41.5 Å². The number of aromatic nitrogens is 2. The lowest BCUT2D eigenvalue weighted by molar-refractivity contribution is 0.0697. The highest BCUT2D eigenvalue weighted by molar-refractivity contribution is 5.96. The SMILES string of the molecule is Cc1c(-n2ccnc2)ccc2ccc(C(=O)O)cc12. The number of nitrogens with zero attached hydrogens (tertiary/aromatic N) is 2. The van der Waals surface area contributed by atoms with Crippen molar-refractivity contribution < 1.29 is 9.90 Å². The van der Waals surface area contributed by atoms with Crippen LogP contribution in [-0.2, 0) is 0 Å². The van der Waals surface area contributed by atoms with Crippen molar-refractivity contribution in [1.29, 1.82) is 0 Å². The summed E-state index contributed by atoms with van der Waals surface area (Å²) in [4.78, 5) is 15.1. The Bertz CT molecular complexity index is 761. The lowest BCUT2D eigenvalue weighted by atomic mass is 10.0. The van der Waals surface area contributed by atoms with E-state index in [0.29, 0.717) is 5.56 Å². The summed E-state index contributed by atoms with van der Waals surface area (Å²) >= 11 is 0. The molecule has 3 aromatic rings. The molecule has 0 bridgehead atoms. The second kappa shape index (κ2) is 4.24. The van der Waals surface area contributed by atoms with E-state index in [0.717, 1.165) is 22.0 Å². The van der Waals surface area contributed by atoms with Gasteiger partial charge in [0.1, 0.15) is 0 Å². The molecule has 0 radical (unpaired) electrons. The molecule has 94 valence electrons. The molecule has 0 aliphatic rings. The van der Waals surface area contributed by atoms with Gasteiger partial charge in [0.05, 0.1) is 17.6 Å². The first-order valence-electron chi connectivity index (χ1n) is 5.92. The molecule has 3 rings (SSSR count). The van der Waals surface area contributed by atoms with E-state index >= 15 is 0 Å². The molecule has 4 heteroatoms. The minimum absolute atomic E-state index is 0.304. The number of hydrogen-bond acceptors (Lipinski definition) is 2. The standard InChI is InChI=1S/C15H12N2O2/c1-10-13-8-12(15(18)19)3-2-11(13)4-5-14(10)17-7-6-16-9-17/h2-9H,1H3,(H,18,19). The second-order valence-corrected chi connectivity index (χ2v) is 4.42. The van der Waals surface area contributed by atoms with Crippen LogP contribution in [0.3, 0.4) is 0 Å². The predicted octanol–water partition coefficient (Wildman–Crippen LogP) is 3.03. The molecule has 0 aliphatic carbocycles. The van der Waals surface area contributed by atoms with Crippen LogP contribution in [0.25, 0.3) is 16.5 Å². The number of rotatable bonds is 2. The Balaban J connectivity index is 2.28. The average Bonchev–Trinajstić information content (AvgIpc) is 2.92. The predicted molar refractivity (Wildman–Crippen MR) is 72.8 cm³/mol. The van der Waals surface area contributed by atoms with Crippen molar-refractivity contribution >= 4 is 16.7 Å². The summed E-state index contributed by atoms with van der Waals surface area (Å²) in [5, 5.41) is 11.1. The number of aryl methyl sites for hydroxylation is 1. The van der Waals surface area contributed by atoms with E-state index < -0.39 is 5.97 Å². The van der Waals surface area contributed by atoms with Gasteiger partial charge >= 0.3 is 5.97 Å². The van der Waals surface area contributed by atoms with Crippen LogP contribution in [0.15, 0.2) is 49.1 Å². The molecule has 1 N–H and O–H groups in total. The minimum atomic E-state index is -0.908. The fourth-order valence-corrected chi connectivity index (χ4v) is 2.27. The first kappa shape index (κ1) is 11.5. The van der Waals surface area contributed by atoms with Crippen molar-refractivity contribution in [2.75, 3.05) is 0 Å². The van der Waals surface area contributed by atoms with Crippen molar-refractivity contribution in [3.63, 3.8) is 0 Å². The highest BCUT2D eigenvalue weighted by atomic mass is 16.4. The van der Waals surface area contributed by atoms with E-state index in [1.165, 1.54) is 0 Å². The summed E-state index contributed by atoms with van der Waals surface area (Å²) in [6.45, 7) is 1.99. The molecular formula is C15H12N2O2. The van der Waals surface area contributed by atoms with Gasteiger partial charge in [-0.2, -0.15) is 0 Å². The fraction of sp³-hybridized carbons (Fsp3) is 0.0667. The lowest BCUT2D eigenvalue weighted by Gasteiger charge is -2.10. The molecule has 1 aromatic heterocycles. The number of hydrogen-bond donors (Lipinski definition) is 1. The minimum Gasteiger partial charge on any atom is -0.478 e. The van der Waals surface area contributed by atoms with E-state index in [1.807, 2.05) is 35.9 Å². The largest absolute Gasteiger partial charge is 0.478 e. The third-order valence-corrected chi connectivity index (χ3v) is 3.29. The maximum absolute atomic E-state index is 11.1. The zero-order valence-electron chi connectivity index (χ0n) is 10.4. The maximum atomic E-state index is 11.1. The molecule has 0 saturated heterocycles. The highest BCUT2D eigenvalue weighted by Crippen LogP contribution is 2.25. The summed E-state index contributed by atoms with van der Waals surface area (Å²) in [7, 11) is 0. The molecule has 0 aliphatic heterocycles. The number of carboxylic acid groups (broad SMARTS) is 1. The smallest absolute Gasteiger partial charge is 0.335 e. The maximum Gasteiger partial charge on any atom is 0.335 e. The van der Waals surface area contributed by atoms with Crippen LogP contribution in [0.2, 0.25) is 0 Å². The first-order valence-corrected chi connectivity index (χ1v) is 5.92. The zero-order valence-corrected chi connectivity index (χ0v) is 10.4. The van der Waals surface area contributed by atoms with E-state index in [2.05, 4.69) is 4.98 Å². The number of aromatic carboxylic acids is 1. The molecular weight excluding hydrogens is 240 g/mol. The molecule has 19 heavy (non-hydrogen) atoms. The molecule has 2 aromatic carbocycles. The van der Waals surface area contributed by atoms with Crippen LogP contribution in [0.4, 0.5) is 0 Å². The Labute approximate surface area is 109 Å². The number of fused-ring (bicyclic) bond motifs is 1. The molecule has 1 heterocycles. The monoisotopic (exact) mass is 252 g/mol. The van der Waals surface area contributed by atoms with E-state index in [9.17, 15) is 4.79 Å². The summed E-state index contributed by atoms with van der Waals surface area (Å²) < 4.78 is 1.92. The van der Waals surface area contributed by atoms with Gasteiger partial charge in [0.15, 0.2) is 0 Å². The van der Waals surface area contributed by atoms with Gasteiger partial charge < -0.3 is 9.67 Å². The summed E-state index contributed by atoms with van der Waals surface area (Å²) in [5.41, 5.74) is 2.35. The molecule has 0 saturated carbocycles. The Kier molecular flexibility index (Phi) is 2.56. The number of benzene rings is 2. The molecule has 0 fully saturated rings. The normalized spacial score (nSPS) is 10.8. The van der Waals surface area contributed by atoms with Gasteiger partial charge in [-0.3, -0.25) is 0 Å². The Morgan fingerprint density at radius 3 is 2.74 bits per heavy atom. The third kappa shape index (κ3) is 1.87. The van der Waals surface area contributed by atoms with Crippen molar-refractivity contribution in [2.24, 2.45) is 0 Å². The number of imidazole rings is 1. The van der Waals surface area contributed by atoms with Crippen LogP contribution in [0, 0.1) is 6.92 Å². The summed E-state index contributed by atoms with van der Waals surface area (Å²) in [5.74, 6) is -0.908. The van der Waals surface area contributed by atoms with Gasteiger partial charge in [0.25, 0.3) is 0 Å². The summed E-state index contributed by atoms with van der Waals surface area (Å²) in [6.07, 6.45) is 5.32. The second-order valence-electron chi connectivity index (χ2n) is 4.42. The summed E-state index contributed by atoms with van der Waals surface area (Å²) in [6, 6.07) is 9.18. The average molecular weight is 252 g/mol. The van der Waals surface area contributed by atoms with Crippen molar-refractivity contribution in [2.45, 2.75) is 6.92 Å². The van der Waals surface area contributed by atoms with E-state index in [4.69, 9.17) is 5.11 Å². The van der Waals surface area contributed by atoms with Crippen molar-refractivity contribution in [3.05, 3.63) is 60.2 Å². The third-order valence-electron chi connectivity index (χ3n) is 3.29. The van der Waals surface area contributed by atoms with Gasteiger partial charge in [-0.15, -0.1) is 0 Å². The topological polar surface area (TPSA) is 55.1 Å². The van der Waals surface area contributed by atoms with E-state index in [-0.39, 0.29) is 0 Å². The van der Waals surface area contributed by atoms with Crippen molar-refractivity contribution in [3.8, 4) is 5.69 Å². The Morgan fingerprint density at radius 2 is 2.05 bits per heavy atom. The fourth-order valence-electron chi connectivity index (χ4n) is 2.27. The van der Waals surface area contributed by atoms with Crippen LogP contribution >= 0.6 is 0 Å². The molecule has 0 spiro atoms. The van der Waals surface area contributed by atoms with Crippen LogP contribution < -0.4 is 0 Å². The first-order chi connectivity index (χ1) is 9.16. The van der Waals surface area contributed by atoms with Gasteiger partial charge in [0.2, 0.25) is 0 Å². The quantitative estimate of drug-likeness (QED) is 0.762. The molecule has 0 amide bonds.